The molecule has 6 nitrogen and oxygen atoms in total. The minimum absolute atomic E-state index is 0.159. The number of benzene rings is 1. The number of rotatable bonds is 16. The lowest BCUT2D eigenvalue weighted by Crippen LogP contribution is -2.26. The number of amides is 1. The number of unbranched alkanes of at least 4 members (excludes halogenated alkanes) is 9. The average Bonchev–Trinajstić information content (AvgIpc) is 2.73. The summed E-state index contributed by atoms with van der Waals surface area (Å²) in [5.41, 5.74) is 0.392. The first kappa shape index (κ1) is 26.0. The maximum atomic E-state index is 12.2. The van der Waals surface area contributed by atoms with Crippen molar-refractivity contribution in [3.8, 4) is 0 Å². The Hall–Kier alpha value is -2.08. The Bertz CT molecular complexity index is 665. The molecule has 1 rings (SSSR count). The first-order valence-electron chi connectivity index (χ1n) is 10.8. The number of halogens is 1. The molecule has 167 valence electrons. The third-order valence-electron chi connectivity index (χ3n) is 4.75. The second-order valence-electron chi connectivity index (χ2n) is 7.32. The van der Waals surface area contributed by atoms with Crippen LogP contribution in [-0.2, 0) is 19.1 Å². The maximum absolute atomic E-state index is 12.2. The van der Waals surface area contributed by atoms with Gasteiger partial charge in [0, 0.05) is 0 Å². The van der Waals surface area contributed by atoms with Gasteiger partial charge in [0.05, 0.1) is 22.9 Å². The number of carbonyl (C=O) groups is 2. The summed E-state index contributed by atoms with van der Waals surface area (Å²) in [6, 6.07) is 4.26. The van der Waals surface area contributed by atoms with E-state index >= 15 is 0 Å². The van der Waals surface area contributed by atoms with Gasteiger partial charge in [-0.2, -0.15) is 0 Å². The Morgan fingerprint density at radius 1 is 1.03 bits per heavy atom. The highest BCUT2D eigenvalue weighted by atomic mass is 35.5. The second-order valence-corrected chi connectivity index (χ2v) is 7.73. The third kappa shape index (κ3) is 10.6. The molecule has 1 atom stereocenters. The van der Waals surface area contributed by atoms with E-state index in [2.05, 4.69) is 12.2 Å². The van der Waals surface area contributed by atoms with Gasteiger partial charge in [0.1, 0.15) is 0 Å². The molecule has 1 aromatic carbocycles. The van der Waals surface area contributed by atoms with Gasteiger partial charge in [0.15, 0.2) is 6.10 Å². The molecule has 1 amide bonds. The molecular formula is C23H33ClNO5. The zero-order chi connectivity index (χ0) is 22.2. The highest BCUT2D eigenvalue weighted by Gasteiger charge is 2.20. The van der Waals surface area contributed by atoms with Gasteiger partial charge in [-0.05, 0) is 31.5 Å². The molecule has 0 bridgehead atoms. The van der Waals surface area contributed by atoms with Crippen LogP contribution in [0.25, 0.3) is 0 Å². The van der Waals surface area contributed by atoms with Crippen molar-refractivity contribution in [3.05, 3.63) is 28.8 Å². The van der Waals surface area contributed by atoms with E-state index in [1.54, 1.807) is 0 Å². The number of carbonyl (C=O) groups excluding carboxylic acids is 3. The van der Waals surface area contributed by atoms with E-state index in [4.69, 9.17) is 21.1 Å². The highest BCUT2D eigenvalue weighted by Crippen LogP contribution is 2.23. The van der Waals surface area contributed by atoms with Crippen LogP contribution in [0.15, 0.2) is 18.2 Å². The van der Waals surface area contributed by atoms with Crippen LogP contribution in [-0.4, -0.2) is 31.1 Å². The first-order valence-corrected chi connectivity index (χ1v) is 11.2. The van der Waals surface area contributed by atoms with Crippen molar-refractivity contribution in [1.82, 2.24) is 0 Å². The summed E-state index contributed by atoms with van der Waals surface area (Å²) in [5.74, 6) is -1.28. The molecule has 30 heavy (non-hydrogen) atoms. The van der Waals surface area contributed by atoms with E-state index in [1.165, 1.54) is 76.5 Å². The zero-order valence-corrected chi connectivity index (χ0v) is 18.8. The fraction of sp³-hybridized carbons (Fsp3) is 0.609. The standard InChI is InChI=1S/C23H33ClNO5/c1-3-4-5-6-7-8-9-10-11-12-15-29-22(27)18(2)30-23(28)19-13-14-20(24)21(16-19)25-17-26/h13-14,16,18H,3-12,15H2,1-2H3,(H,25,26). The molecule has 1 N–H and O–H groups in total. The van der Waals surface area contributed by atoms with Crippen LogP contribution in [0.2, 0.25) is 5.02 Å². The second kappa shape index (κ2) is 15.7. The summed E-state index contributed by atoms with van der Waals surface area (Å²) in [6.45, 7) is 4.01. The lowest BCUT2D eigenvalue weighted by atomic mass is 10.1. The predicted octanol–water partition coefficient (Wildman–Crippen LogP) is 5.83. The van der Waals surface area contributed by atoms with Crippen LogP contribution < -0.4 is 5.32 Å². The Morgan fingerprint density at radius 3 is 2.23 bits per heavy atom. The zero-order valence-electron chi connectivity index (χ0n) is 18.0. The van der Waals surface area contributed by atoms with Gasteiger partial charge >= 0.3 is 18.3 Å². The van der Waals surface area contributed by atoms with Crippen molar-refractivity contribution < 1.29 is 23.9 Å². The van der Waals surface area contributed by atoms with Gasteiger partial charge in [-0.25, -0.2) is 9.59 Å². The van der Waals surface area contributed by atoms with Crippen LogP contribution in [0.5, 0.6) is 0 Å². The number of esters is 2. The fourth-order valence-electron chi connectivity index (χ4n) is 2.96. The molecule has 0 aliphatic carbocycles. The van der Waals surface area contributed by atoms with Gasteiger partial charge in [0.2, 0.25) is 0 Å². The normalized spacial score (nSPS) is 11.6. The molecule has 1 unspecified atom stereocenters. The first-order chi connectivity index (χ1) is 14.5. The summed E-state index contributed by atoms with van der Waals surface area (Å²) in [5, 5.41) is 2.54. The molecule has 1 radical (unpaired) electrons. The Kier molecular flexibility index (Phi) is 13.6. The van der Waals surface area contributed by atoms with Crippen molar-refractivity contribution in [2.45, 2.75) is 84.2 Å². The third-order valence-corrected chi connectivity index (χ3v) is 5.08. The molecule has 0 heterocycles. The molecule has 0 aromatic heterocycles. The minimum Gasteiger partial charge on any atom is -0.463 e. The van der Waals surface area contributed by atoms with Gasteiger partial charge in [-0.15, -0.1) is 0 Å². The highest BCUT2D eigenvalue weighted by molar-refractivity contribution is 6.33. The monoisotopic (exact) mass is 438 g/mol. The van der Waals surface area contributed by atoms with Gasteiger partial charge in [-0.1, -0.05) is 76.3 Å². The van der Waals surface area contributed by atoms with Crippen LogP contribution in [0.1, 0.15) is 88.4 Å². The van der Waals surface area contributed by atoms with Crippen LogP contribution in [0, 0.1) is 0 Å². The number of ether oxygens (including phenoxy) is 2. The van der Waals surface area contributed by atoms with E-state index in [-0.39, 0.29) is 16.3 Å². The molecule has 0 fully saturated rings. The van der Waals surface area contributed by atoms with Crippen LogP contribution >= 0.6 is 11.6 Å². The minimum atomic E-state index is -1.02. The summed E-state index contributed by atoms with van der Waals surface area (Å²) < 4.78 is 10.3. The van der Waals surface area contributed by atoms with Gasteiger partial charge in [-0.3, -0.25) is 4.79 Å². The summed E-state index contributed by atoms with van der Waals surface area (Å²) in [7, 11) is 0. The number of hydrogen-bond acceptors (Lipinski definition) is 5. The predicted molar refractivity (Wildman–Crippen MR) is 118 cm³/mol. The molecule has 0 saturated carbocycles. The van der Waals surface area contributed by atoms with Crippen molar-refractivity contribution >= 4 is 35.6 Å². The number of anilines is 1. The van der Waals surface area contributed by atoms with Crippen molar-refractivity contribution in [1.29, 1.82) is 0 Å². The molecule has 0 aliphatic heterocycles. The maximum Gasteiger partial charge on any atom is 0.347 e. The molecule has 0 saturated heterocycles. The molecular weight excluding hydrogens is 406 g/mol. The Morgan fingerprint density at radius 2 is 1.63 bits per heavy atom. The topological polar surface area (TPSA) is 81.7 Å². The molecule has 7 heteroatoms. The number of nitrogens with one attached hydrogen (secondary N) is 1. The van der Waals surface area contributed by atoms with Crippen molar-refractivity contribution in [2.24, 2.45) is 0 Å². The Balaban J connectivity index is 2.20. The van der Waals surface area contributed by atoms with E-state index in [0.717, 1.165) is 19.3 Å². The smallest absolute Gasteiger partial charge is 0.347 e. The van der Waals surface area contributed by atoms with Crippen molar-refractivity contribution in [3.63, 3.8) is 0 Å². The summed E-state index contributed by atoms with van der Waals surface area (Å²) >= 11 is 5.90. The van der Waals surface area contributed by atoms with E-state index in [0.29, 0.717) is 6.61 Å². The molecule has 0 aliphatic rings. The summed E-state index contributed by atoms with van der Waals surface area (Å²) in [6.07, 6.45) is 12.5. The lowest BCUT2D eigenvalue weighted by molar-refractivity contribution is -0.153. The molecule has 1 aromatic rings. The van der Waals surface area contributed by atoms with Gasteiger partial charge < -0.3 is 14.8 Å². The van der Waals surface area contributed by atoms with Gasteiger partial charge in [0.25, 0.3) is 0 Å². The van der Waals surface area contributed by atoms with Crippen molar-refractivity contribution in [2.75, 3.05) is 11.9 Å². The molecule has 0 spiro atoms. The lowest BCUT2D eigenvalue weighted by Gasteiger charge is -2.13. The van der Waals surface area contributed by atoms with E-state index in [9.17, 15) is 14.4 Å². The van der Waals surface area contributed by atoms with E-state index in [1.807, 2.05) is 0 Å². The van der Waals surface area contributed by atoms with E-state index < -0.39 is 18.0 Å². The largest absolute Gasteiger partial charge is 0.463 e. The SMILES string of the molecule is CCCCCCCCCCCCOC(=O)C(C)OC(=O)c1ccc(Cl)c(N[C]=O)c1. The summed E-state index contributed by atoms with van der Waals surface area (Å²) in [4.78, 5) is 34.6. The fourth-order valence-corrected chi connectivity index (χ4v) is 3.12. The average molecular weight is 439 g/mol. The van der Waals surface area contributed by atoms with Crippen LogP contribution in [0.4, 0.5) is 5.69 Å². The number of hydrogen-bond donors (Lipinski definition) is 1. The Labute approximate surface area is 184 Å². The van der Waals surface area contributed by atoms with Crippen LogP contribution in [0.3, 0.4) is 0 Å². The quantitative estimate of drug-likeness (QED) is 0.199.